The predicted molar refractivity (Wildman–Crippen MR) is 94.3 cm³/mol. The molecule has 0 aliphatic carbocycles. The van der Waals surface area contributed by atoms with Crippen molar-refractivity contribution >= 4 is 16.5 Å². The van der Waals surface area contributed by atoms with Gasteiger partial charge in [-0.3, -0.25) is 4.79 Å². The normalized spacial score (nSPS) is 18.7. The molecule has 0 spiro atoms. The second kappa shape index (κ2) is 6.05. The van der Waals surface area contributed by atoms with Crippen LogP contribution < -0.4 is 10.9 Å². The molecule has 0 radical (unpaired) electrons. The van der Waals surface area contributed by atoms with Gasteiger partial charge in [0.05, 0.1) is 0 Å². The van der Waals surface area contributed by atoms with E-state index in [2.05, 4.69) is 27.4 Å². The summed E-state index contributed by atoms with van der Waals surface area (Å²) in [5, 5.41) is 4.44. The summed E-state index contributed by atoms with van der Waals surface area (Å²) < 4.78 is 0. The van der Waals surface area contributed by atoms with Gasteiger partial charge in [-0.15, -0.1) is 0 Å². The standard InChI is InChI=1S/C19H21N3O/c23-19-17(13-15-3-1-2-4-18(15)21-19)14-7-11-22(12-8-14)16-5-9-20-10-6-16/h1-5,7,13,20H,6,8-12H2,(H,21,23). The number of nitrogens with zero attached hydrogens (tertiary/aromatic N) is 1. The van der Waals surface area contributed by atoms with Gasteiger partial charge in [-0.05, 0) is 35.9 Å². The number of hydrogen-bond acceptors (Lipinski definition) is 3. The van der Waals surface area contributed by atoms with Crippen LogP contribution >= 0.6 is 0 Å². The van der Waals surface area contributed by atoms with Crippen molar-refractivity contribution in [2.24, 2.45) is 0 Å². The molecule has 0 unspecified atom stereocenters. The quantitative estimate of drug-likeness (QED) is 0.896. The van der Waals surface area contributed by atoms with Gasteiger partial charge in [0.25, 0.3) is 5.56 Å². The summed E-state index contributed by atoms with van der Waals surface area (Å²) in [5.41, 5.74) is 4.35. The number of hydrogen-bond donors (Lipinski definition) is 2. The van der Waals surface area contributed by atoms with Crippen molar-refractivity contribution in [2.45, 2.75) is 12.8 Å². The number of para-hydroxylation sites is 1. The first-order chi connectivity index (χ1) is 11.3. The lowest BCUT2D eigenvalue weighted by Crippen LogP contribution is -2.33. The molecule has 0 bridgehead atoms. The number of nitrogens with one attached hydrogen (secondary N) is 2. The van der Waals surface area contributed by atoms with Gasteiger partial charge < -0.3 is 15.2 Å². The van der Waals surface area contributed by atoms with Crippen molar-refractivity contribution in [2.75, 3.05) is 26.2 Å². The smallest absolute Gasteiger partial charge is 0.255 e. The molecule has 0 atom stereocenters. The summed E-state index contributed by atoms with van der Waals surface area (Å²) in [6.45, 7) is 3.91. The molecule has 23 heavy (non-hydrogen) atoms. The Labute approximate surface area is 135 Å². The highest BCUT2D eigenvalue weighted by Crippen LogP contribution is 2.25. The van der Waals surface area contributed by atoms with Crippen LogP contribution in [0.5, 0.6) is 0 Å². The lowest BCUT2D eigenvalue weighted by atomic mass is 9.98. The maximum Gasteiger partial charge on any atom is 0.255 e. The Hall–Kier alpha value is -2.33. The second-order valence-electron chi connectivity index (χ2n) is 6.17. The number of H-pyrrole nitrogens is 1. The molecule has 2 aliphatic heterocycles. The molecule has 2 aromatic rings. The third-order valence-electron chi connectivity index (χ3n) is 4.75. The van der Waals surface area contributed by atoms with E-state index in [9.17, 15) is 4.79 Å². The Morgan fingerprint density at radius 3 is 2.78 bits per heavy atom. The van der Waals surface area contributed by atoms with E-state index < -0.39 is 0 Å². The van der Waals surface area contributed by atoms with Crippen LogP contribution in [0.1, 0.15) is 18.4 Å². The third kappa shape index (κ3) is 2.82. The van der Waals surface area contributed by atoms with Crippen molar-refractivity contribution in [3.8, 4) is 0 Å². The van der Waals surface area contributed by atoms with Gasteiger partial charge in [-0.2, -0.15) is 0 Å². The molecule has 1 aromatic heterocycles. The Morgan fingerprint density at radius 1 is 1.09 bits per heavy atom. The summed E-state index contributed by atoms with van der Waals surface area (Å²) in [4.78, 5) is 17.8. The van der Waals surface area contributed by atoms with Crippen molar-refractivity contribution in [3.63, 3.8) is 0 Å². The molecule has 2 aliphatic rings. The first-order valence-corrected chi connectivity index (χ1v) is 8.27. The van der Waals surface area contributed by atoms with Gasteiger partial charge in [-0.25, -0.2) is 0 Å². The average molecular weight is 307 g/mol. The highest BCUT2D eigenvalue weighted by Gasteiger charge is 2.18. The summed E-state index contributed by atoms with van der Waals surface area (Å²) in [5.74, 6) is 0. The summed E-state index contributed by atoms with van der Waals surface area (Å²) in [6, 6.07) is 9.97. The van der Waals surface area contributed by atoms with Crippen LogP contribution in [0.25, 0.3) is 16.5 Å². The highest BCUT2D eigenvalue weighted by atomic mass is 16.1. The van der Waals surface area contributed by atoms with Crippen LogP contribution in [0, 0.1) is 0 Å². The number of aromatic amines is 1. The predicted octanol–water partition coefficient (Wildman–Crippen LogP) is 2.49. The Bertz CT molecular complexity index is 847. The molecule has 2 N–H and O–H groups in total. The zero-order valence-electron chi connectivity index (χ0n) is 13.1. The minimum Gasteiger partial charge on any atom is -0.371 e. The van der Waals surface area contributed by atoms with E-state index in [1.165, 1.54) is 11.3 Å². The molecule has 1 aromatic carbocycles. The van der Waals surface area contributed by atoms with E-state index in [-0.39, 0.29) is 5.56 Å². The van der Waals surface area contributed by atoms with Crippen molar-refractivity contribution in [1.29, 1.82) is 0 Å². The van der Waals surface area contributed by atoms with Gasteiger partial charge in [0.15, 0.2) is 0 Å². The molecular formula is C19H21N3O. The first kappa shape index (κ1) is 14.3. The van der Waals surface area contributed by atoms with E-state index in [0.29, 0.717) is 0 Å². The fraction of sp³-hybridized carbons (Fsp3) is 0.316. The number of rotatable bonds is 2. The molecule has 4 rings (SSSR count). The SMILES string of the molecule is O=c1[nH]c2ccccc2cc1C1=CCN(C2=CCNCC2)CC1. The lowest BCUT2D eigenvalue weighted by molar-refractivity contribution is 0.355. The Kier molecular flexibility index (Phi) is 3.75. The minimum absolute atomic E-state index is 0.0180. The van der Waals surface area contributed by atoms with Crippen LogP contribution in [0.4, 0.5) is 0 Å². The second-order valence-corrected chi connectivity index (χ2v) is 6.17. The molecule has 118 valence electrons. The number of benzene rings is 1. The lowest BCUT2D eigenvalue weighted by Gasteiger charge is -2.32. The summed E-state index contributed by atoms with van der Waals surface area (Å²) in [7, 11) is 0. The molecular weight excluding hydrogens is 286 g/mol. The molecule has 3 heterocycles. The molecule has 0 fully saturated rings. The molecule has 0 amide bonds. The van der Waals surface area contributed by atoms with E-state index >= 15 is 0 Å². The van der Waals surface area contributed by atoms with Crippen molar-refractivity contribution in [1.82, 2.24) is 15.2 Å². The van der Waals surface area contributed by atoms with E-state index in [1.54, 1.807) is 0 Å². The Morgan fingerprint density at radius 2 is 2.00 bits per heavy atom. The van der Waals surface area contributed by atoms with Crippen LogP contribution in [0.3, 0.4) is 0 Å². The summed E-state index contributed by atoms with van der Waals surface area (Å²) in [6.07, 6.45) is 6.52. The van der Waals surface area contributed by atoms with Gasteiger partial charge in [0.2, 0.25) is 0 Å². The maximum atomic E-state index is 12.4. The molecule has 0 saturated carbocycles. The van der Waals surface area contributed by atoms with Crippen LogP contribution in [0.15, 0.2) is 53.0 Å². The van der Waals surface area contributed by atoms with Crippen molar-refractivity contribution in [3.05, 3.63) is 64.1 Å². The maximum absolute atomic E-state index is 12.4. The number of pyridine rings is 1. The molecule has 4 heteroatoms. The number of fused-ring (bicyclic) bond motifs is 1. The van der Waals surface area contributed by atoms with Gasteiger partial charge in [0, 0.05) is 43.0 Å². The zero-order chi connectivity index (χ0) is 15.6. The van der Waals surface area contributed by atoms with E-state index in [4.69, 9.17) is 0 Å². The zero-order valence-corrected chi connectivity index (χ0v) is 13.1. The average Bonchev–Trinajstić information content (AvgIpc) is 2.62. The third-order valence-corrected chi connectivity index (χ3v) is 4.75. The van der Waals surface area contributed by atoms with Gasteiger partial charge in [0.1, 0.15) is 0 Å². The van der Waals surface area contributed by atoms with E-state index in [1.807, 2.05) is 30.3 Å². The molecule has 4 nitrogen and oxygen atoms in total. The van der Waals surface area contributed by atoms with Crippen LogP contribution in [-0.4, -0.2) is 36.1 Å². The largest absolute Gasteiger partial charge is 0.371 e. The Balaban J connectivity index is 1.62. The van der Waals surface area contributed by atoms with Crippen LogP contribution in [0.2, 0.25) is 0 Å². The van der Waals surface area contributed by atoms with Crippen molar-refractivity contribution < 1.29 is 0 Å². The number of aromatic nitrogens is 1. The van der Waals surface area contributed by atoms with Gasteiger partial charge >= 0.3 is 0 Å². The first-order valence-electron chi connectivity index (χ1n) is 8.27. The summed E-state index contributed by atoms with van der Waals surface area (Å²) >= 11 is 0. The topological polar surface area (TPSA) is 48.1 Å². The van der Waals surface area contributed by atoms with Gasteiger partial charge in [-0.1, -0.05) is 30.4 Å². The monoisotopic (exact) mass is 307 g/mol. The highest BCUT2D eigenvalue weighted by molar-refractivity contribution is 5.82. The van der Waals surface area contributed by atoms with Crippen LogP contribution in [-0.2, 0) is 0 Å². The molecule has 0 saturated heterocycles. The fourth-order valence-corrected chi connectivity index (χ4v) is 3.46. The fourth-order valence-electron chi connectivity index (χ4n) is 3.46. The van der Waals surface area contributed by atoms with E-state index in [0.717, 1.165) is 55.5 Å². The minimum atomic E-state index is 0.0180.